The van der Waals surface area contributed by atoms with Gasteiger partial charge in [0, 0.05) is 18.5 Å². The molecule has 0 bridgehead atoms. The second-order valence-corrected chi connectivity index (χ2v) is 8.30. The Kier molecular flexibility index (Phi) is 8.66. The van der Waals surface area contributed by atoms with Gasteiger partial charge >= 0.3 is 0 Å². The lowest BCUT2D eigenvalue weighted by Crippen LogP contribution is -2.40. The van der Waals surface area contributed by atoms with Gasteiger partial charge in [0.15, 0.2) is 21.3 Å². The summed E-state index contributed by atoms with van der Waals surface area (Å²) < 4.78 is 35.2. The standard InChI is InChI=1S/C17H26N2O5S.ClH/c1-23-15-7-6-13(10-16(15)24-2)25(21,22)9-8-17(20)19-14-5-3-4-12(14)11-18;/h6-7,10,12,14H,3-5,8-9,11,18H2,1-2H3,(H,19,20);1H. The van der Waals surface area contributed by atoms with E-state index in [4.69, 9.17) is 15.2 Å². The first-order valence-corrected chi connectivity index (χ1v) is 10.0. The molecule has 1 amide bonds. The van der Waals surface area contributed by atoms with Gasteiger partial charge in [0.05, 0.1) is 24.9 Å². The molecule has 2 unspecified atom stereocenters. The fourth-order valence-corrected chi connectivity index (χ4v) is 4.39. The lowest BCUT2D eigenvalue weighted by atomic mass is 10.0. The van der Waals surface area contributed by atoms with Gasteiger partial charge in [-0.3, -0.25) is 4.79 Å². The maximum absolute atomic E-state index is 12.5. The van der Waals surface area contributed by atoms with Crippen LogP contribution in [-0.2, 0) is 14.6 Å². The molecular formula is C17H27ClN2O5S. The van der Waals surface area contributed by atoms with E-state index >= 15 is 0 Å². The fourth-order valence-electron chi connectivity index (χ4n) is 3.14. The summed E-state index contributed by atoms with van der Waals surface area (Å²) in [5, 5.41) is 2.92. The van der Waals surface area contributed by atoms with Gasteiger partial charge in [-0.1, -0.05) is 6.42 Å². The molecule has 0 aliphatic heterocycles. The molecule has 3 N–H and O–H groups in total. The zero-order valence-corrected chi connectivity index (χ0v) is 16.7. The van der Waals surface area contributed by atoms with Crippen LogP contribution in [0.15, 0.2) is 23.1 Å². The third kappa shape index (κ3) is 5.49. The van der Waals surface area contributed by atoms with Gasteiger partial charge in [-0.05, 0) is 37.4 Å². The van der Waals surface area contributed by atoms with Gasteiger partial charge in [0.2, 0.25) is 5.91 Å². The molecule has 0 radical (unpaired) electrons. The van der Waals surface area contributed by atoms with E-state index in [0.717, 1.165) is 19.3 Å². The monoisotopic (exact) mass is 406 g/mol. The van der Waals surface area contributed by atoms with Gasteiger partial charge in [-0.15, -0.1) is 12.4 Å². The minimum atomic E-state index is -3.59. The van der Waals surface area contributed by atoms with E-state index in [1.54, 1.807) is 0 Å². The van der Waals surface area contributed by atoms with E-state index in [1.807, 2.05) is 0 Å². The van der Waals surface area contributed by atoms with Crippen molar-refractivity contribution in [2.75, 3.05) is 26.5 Å². The molecule has 148 valence electrons. The first-order chi connectivity index (χ1) is 11.9. The summed E-state index contributed by atoms with van der Waals surface area (Å²) in [4.78, 5) is 12.2. The normalized spacial score (nSPS) is 19.5. The highest BCUT2D eigenvalue weighted by molar-refractivity contribution is 7.91. The Balaban J connectivity index is 0.00000338. The van der Waals surface area contributed by atoms with Gasteiger partial charge in [0.1, 0.15) is 0 Å². The Morgan fingerprint density at radius 3 is 2.54 bits per heavy atom. The average molecular weight is 407 g/mol. The van der Waals surface area contributed by atoms with Crippen molar-refractivity contribution in [1.82, 2.24) is 5.32 Å². The molecule has 1 aromatic carbocycles. The van der Waals surface area contributed by atoms with E-state index in [0.29, 0.717) is 18.0 Å². The highest BCUT2D eigenvalue weighted by atomic mass is 35.5. The number of rotatable bonds is 8. The topological polar surface area (TPSA) is 108 Å². The zero-order chi connectivity index (χ0) is 18.4. The number of nitrogens with two attached hydrogens (primary N) is 1. The quantitative estimate of drug-likeness (QED) is 0.677. The summed E-state index contributed by atoms with van der Waals surface area (Å²) in [7, 11) is -0.665. The smallest absolute Gasteiger partial charge is 0.221 e. The molecule has 9 heteroatoms. The fraction of sp³-hybridized carbons (Fsp3) is 0.588. The molecule has 0 saturated heterocycles. The van der Waals surface area contributed by atoms with Crippen molar-refractivity contribution in [3.8, 4) is 11.5 Å². The van der Waals surface area contributed by atoms with Gasteiger partial charge in [-0.2, -0.15) is 0 Å². The minimum absolute atomic E-state index is 0. The SMILES string of the molecule is COc1ccc(S(=O)(=O)CCC(=O)NC2CCCC2CN)cc1OC.Cl. The van der Waals surface area contributed by atoms with Crippen molar-refractivity contribution in [2.24, 2.45) is 11.7 Å². The summed E-state index contributed by atoms with van der Waals surface area (Å²) >= 11 is 0. The number of ether oxygens (including phenoxy) is 2. The minimum Gasteiger partial charge on any atom is -0.493 e. The third-order valence-corrected chi connectivity index (χ3v) is 6.33. The van der Waals surface area contributed by atoms with Crippen LogP contribution in [0.25, 0.3) is 0 Å². The third-order valence-electron chi connectivity index (χ3n) is 4.62. The summed E-state index contributed by atoms with van der Waals surface area (Å²) in [6.07, 6.45) is 2.86. The summed E-state index contributed by atoms with van der Waals surface area (Å²) in [6.45, 7) is 0.537. The molecule has 1 fully saturated rings. The number of hydrogen-bond donors (Lipinski definition) is 2. The van der Waals surface area contributed by atoms with E-state index in [-0.39, 0.29) is 47.3 Å². The van der Waals surface area contributed by atoms with Crippen LogP contribution in [0.1, 0.15) is 25.7 Å². The summed E-state index contributed by atoms with van der Waals surface area (Å²) in [6, 6.07) is 4.46. The molecular weight excluding hydrogens is 380 g/mol. The number of amides is 1. The van der Waals surface area contributed by atoms with Gasteiger partial charge in [0.25, 0.3) is 0 Å². The molecule has 1 aromatic rings. The first-order valence-electron chi connectivity index (χ1n) is 8.35. The molecule has 1 aliphatic carbocycles. The predicted octanol–water partition coefficient (Wildman–Crippen LogP) is 1.53. The van der Waals surface area contributed by atoms with Crippen molar-refractivity contribution in [1.29, 1.82) is 0 Å². The number of carbonyl (C=O) groups is 1. The molecule has 1 saturated carbocycles. The number of benzene rings is 1. The Morgan fingerprint density at radius 2 is 1.92 bits per heavy atom. The second kappa shape index (κ2) is 9.99. The van der Waals surface area contributed by atoms with Crippen molar-refractivity contribution >= 4 is 28.2 Å². The predicted molar refractivity (Wildman–Crippen MR) is 102 cm³/mol. The van der Waals surface area contributed by atoms with Crippen molar-refractivity contribution in [3.05, 3.63) is 18.2 Å². The van der Waals surface area contributed by atoms with E-state index in [2.05, 4.69) is 5.32 Å². The van der Waals surface area contributed by atoms with E-state index in [9.17, 15) is 13.2 Å². The van der Waals surface area contributed by atoms with Crippen LogP contribution >= 0.6 is 12.4 Å². The van der Waals surface area contributed by atoms with Crippen molar-refractivity contribution in [2.45, 2.75) is 36.6 Å². The molecule has 0 aromatic heterocycles. The van der Waals surface area contributed by atoms with E-state index < -0.39 is 9.84 Å². The number of halogens is 1. The molecule has 1 aliphatic rings. The average Bonchev–Trinajstić information content (AvgIpc) is 3.06. The number of nitrogens with one attached hydrogen (secondary N) is 1. The number of sulfone groups is 1. The lowest BCUT2D eigenvalue weighted by molar-refractivity contribution is -0.121. The highest BCUT2D eigenvalue weighted by Crippen LogP contribution is 2.30. The van der Waals surface area contributed by atoms with Crippen LogP contribution in [-0.4, -0.2) is 46.9 Å². The Bertz CT molecular complexity index is 711. The number of carbonyl (C=O) groups excluding carboxylic acids is 1. The maximum atomic E-state index is 12.5. The Morgan fingerprint density at radius 1 is 1.23 bits per heavy atom. The van der Waals surface area contributed by atoms with Crippen LogP contribution in [0.2, 0.25) is 0 Å². The molecule has 0 heterocycles. The van der Waals surface area contributed by atoms with Crippen LogP contribution in [0.4, 0.5) is 0 Å². The Hall–Kier alpha value is -1.51. The summed E-state index contributed by atoms with van der Waals surface area (Å²) in [5.41, 5.74) is 5.70. The van der Waals surface area contributed by atoms with E-state index in [1.165, 1.54) is 32.4 Å². The Labute approximate surface area is 160 Å². The van der Waals surface area contributed by atoms with Gasteiger partial charge < -0.3 is 20.5 Å². The molecule has 2 rings (SSSR count). The van der Waals surface area contributed by atoms with Crippen molar-refractivity contribution < 1.29 is 22.7 Å². The van der Waals surface area contributed by atoms with Crippen molar-refractivity contribution in [3.63, 3.8) is 0 Å². The molecule has 7 nitrogen and oxygen atoms in total. The van der Waals surface area contributed by atoms with Crippen LogP contribution in [0.5, 0.6) is 11.5 Å². The van der Waals surface area contributed by atoms with Gasteiger partial charge in [-0.25, -0.2) is 8.42 Å². The zero-order valence-electron chi connectivity index (χ0n) is 15.1. The summed E-state index contributed by atoms with van der Waals surface area (Å²) in [5.74, 6) is 0.563. The highest BCUT2D eigenvalue weighted by Gasteiger charge is 2.28. The largest absolute Gasteiger partial charge is 0.493 e. The second-order valence-electron chi connectivity index (χ2n) is 6.19. The molecule has 2 atom stereocenters. The van der Waals surface area contributed by atoms with Crippen LogP contribution in [0.3, 0.4) is 0 Å². The lowest BCUT2D eigenvalue weighted by Gasteiger charge is -2.19. The van der Waals surface area contributed by atoms with Crippen LogP contribution < -0.4 is 20.5 Å². The molecule has 26 heavy (non-hydrogen) atoms. The maximum Gasteiger partial charge on any atom is 0.221 e. The first kappa shape index (κ1) is 22.5. The number of hydrogen-bond acceptors (Lipinski definition) is 6. The van der Waals surface area contributed by atoms with Crippen LogP contribution in [0, 0.1) is 5.92 Å². The molecule has 0 spiro atoms. The number of methoxy groups -OCH3 is 2.